The maximum Gasteiger partial charge on any atom is 0.237 e. The van der Waals surface area contributed by atoms with Crippen LogP contribution in [0.1, 0.15) is 18.2 Å². The van der Waals surface area contributed by atoms with Gasteiger partial charge in [0.1, 0.15) is 5.15 Å². The van der Waals surface area contributed by atoms with E-state index >= 15 is 0 Å². The first-order valence-corrected chi connectivity index (χ1v) is 6.54. The molecule has 0 saturated carbocycles. The fraction of sp³-hybridized carbons (Fsp3) is 0.500. The molecule has 0 aliphatic carbocycles. The van der Waals surface area contributed by atoms with Gasteiger partial charge >= 0.3 is 0 Å². The summed E-state index contributed by atoms with van der Waals surface area (Å²) < 4.78 is 23.8. The fourth-order valence-electron chi connectivity index (χ4n) is 1.32. The maximum absolute atomic E-state index is 11.4. The van der Waals surface area contributed by atoms with Crippen LogP contribution in [-0.2, 0) is 10.0 Å². The predicted octanol–water partition coefficient (Wildman–Crippen LogP) is 0.331. The fourth-order valence-corrected chi connectivity index (χ4v) is 2.82. The molecule has 0 spiro atoms. The van der Waals surface area contributed by atoms with E-state index in [0.717, 1.165) is 10.2 Å². The van der Waals surface area contributed by atoms with Crippen molar-refractivity contribution in [3.05, 3.63) is 23.0 Å². The summed E-state index contributed by atoms with van der Waals surface area (Å²) in [6.45, 7) is -0.103. The second-order valence-corrected chi connectivity index (χ2v) is 5.45. The van der Waals surface area contributed by atoms with Crippen molar-refractivity contribution in [3.8, 4) is 0 Å². The van der Waals surface area contributed by atoms with E-state index in [2.05, 4.69) is 0 Å². The molecule has 0 fully saturated rings. The molecular formula is C8H13ClN2O3S. The van der Waals surface area contributed by atoms with Crippen molar-refractivity contribution in [2.75, 3.05) is 12.9 Å². The van der Waals surface area contributed by atoms with Crippen molar-refractivity contribution in [2.24, 2.45) is 5.73 Å². The van der Waals surface area contributed by atoms with E-state index in [1.807, 2.05) is 0 Å². The number of nitrogens with two attached hydrogens (primary N) is 1. The predicted molar refractivity (Wildman–Crippen MR) is 58.3 cm³/mol. The third-order valence-corrected chi connectivity index (χ3v) is 3.44. The summed E-state index contributed by atoms with van der Waals surface area (Å²) in [5.74, 6) is 0. The third kappa shape index (κ3) is 2.72. The average Bonchev–Trinajstić information content (AvgIpc) is 2.46. The summed E-state index contributed by atoms with van der Waals surface area (Å²) >= 11 is 5.74. The molecule has 1 aromatic rings. The standard InChI is InChI=1S/C8H13ClN2O3S/c1-15(13,14)11-7(2-3-8(11)9)6(10)4-5-12/h2-3,6,12H,4-5,10H2,1H3. The van der Waals surface area contributed by atoms with Gasteiger partial charge < -0.3 is 10.8 Å². The third-order valence-electron chi connectivity index (χ3n) is 1.97. The van der Waals surface area contributed by atoms with Crippen molar-refractivity contribution in [1.29, 1.82) is 0 Å². The highest BCUT2D eigenvalue weighted by molar-refractivity contribution is 7.89. The molecule has 0 aliphatic rings. The van der Waals surface area contributed by atoms with Crippen LogP contribution >= 0.6 is 11.6 Å². The lowest BCUT2D eigenvalue weighted by atomic mass is 10.2. The molecule has 0 amide bonds. The van der Waals surface area contributed by atoms with Crippen LogP contribution in [0, 0.1) is 0 Å². The molecular weight excluding hydrogens is 240 g/mol. The SMILES string of the molecule is CS(=O)(=O)n1c(Cl)ccc1C(N)CCO. The van der Waals surface area contributed by atoms with Crippen molar-refractivity contribution < 1.29 is 13.5 Å². The lowest BCUT2D eigenvalue weighted by molar-refractivity contribution is 0.275. The summed E-state index contributed by atoms with van der Waals surface area (Å²) in [7, 11) is -3.46. The van der Waals surface area contributed by atoms with Crippen LogP contribution in [-0.4, -0.2) is 30.4 Å². The van der Waals surface area contributed by atoms with Crippen LogP contribution in [0.2, 0.25) is 5.15 Å². The first kappa shape index (κ1) is 12.5. The highest BCUT2D eigenvalue weighted by Crippen LogP contribution is 2.23. The van der Waals surface area contributed by atoms with Crippen LogP contribution in [0.5, 0.6) is 0 Å². The molecule has 15 heavy (non-hydrogen) atoms. The zero-order valence-electron chi connectivity index (χ0n) is 8.22. The first-order valence-electron chi connectivity index (χ1n) is 4.32. The Morgan fingerprint density at radius 2 is 2.20 bits per heavy atom. The Hall–Kier alpha value is -0.560. The van der Waals surface area contributed by atoms with E-state index < -0.39 is 16.1 Å². The Kier molecular flexibility index (Phi) is 3.77. The van der Waals surface area contributed by atoms with Crippen molar-refractivity contribution in [1.82, 2.24) is 3.97 Å². The molecule has 0 bridgehead atoms. The molecule has 5 nitrogen and oxygen atoms in total. The van der Waals surface area contributed by atoms with Gasteiger partial charge in [0.25, 0.3) is 0 Å². The van der Waals surface area contributed by atoms with Crippen LogP contribution in [0.4, 0.5) is 0 Å². The summed E-state index contributed by atoms with van der Waals surface area (Å²) in [5.41, 5.74) is 6.10. The zero-order chi connectivity index (χ0) is 11.6. The molecule has 0 aliphatic heterocycles. The second-order valence-electron chi connectivity index (χ2n) is 3.23. The number of aromatic nitrogens is 1. The van der Waals surface area contributed by atoms with E-state index in [1.54, 1.807) is 6.07 Å². The topological polar surface area (TPSA) is 85.3 Å². The van der Waals surface area contributed by atoms with E-state index in [1.165, 1.54) is 6.07 Å². The van der Waals surface area contributed by atoms with E-state index in [0.29, 0.717) is 5.69 Å². The van der Waals surface area contributed by atoms with Crippen LogP contribution in [0.3, 0.4) is 0 Å². The van der Waals surface area contributed by atoms with Gasteiger partial charge in [-0.05, 0) is 18.6 Å². The molecule has 1 rings (SSSR count). The number of nitrogens with zero attached hydrogens (tertiary/aromatic N) is 1. The first-order chi connectivity index (χ1) is 6.88. The molecule has 1 heterocycles. The van der Waals surface area contributed by atoms with Gasteiger partial charge in [-0.1, -0.05) is 11.6 Å². The Labute approximate surface area is 93.5 Å². The highest BCUT2D eigenvalue weighted by atomic mass is 35.5. The van der Waals surface area contributed by atoms with E-state index in [9.17, 15) is 8.42 Å². The normalized spacial score (nSPS) is 14.1. The molecule has 3 N–H and O–H groups in total. The molecule has 1 aromatic heterocycles. The summed E-state index contributed by atoms with van der Waals surface area (Å²) in [6.07, 6.45) is 1.34. The van der Waals surface area contributed by atoms with Gasteiger partial charge in [-0.15, -0.1) is 0 Å². The number of hydrogen-bond acceptors (Lipinski definition) is 4. The minimum atomic E-state index is -3.46. The van der Waals surface area contributed by atoms with Gasteiger partial charge in [0, 0.05) is 12.6 Å². The Balaban J connectivity index is 3.21. The molecule has 0 saturated heterocycles. The maximum atomic E-state index is 11.4. The molecule has 0 aromatic carbocycles. The van der Waals surface area contributed by atoms with Gasteiger partial charge in [-0.2, -0.15) is 0 Å². The Morgan fingerprint density at radius 1 is 1.60 bits per heavy atom. The van der Waals surface area contributed by atoms with Crippen molar-refractivity contribution in [3.63, 3.8) is 0 Å². The minimum Gasteiger partial charge on any atom is -0.396 e. The molecule has 7 heteroatoms. The lowest BCUT2D eigenvalue weighted by Gasteiger charge is -2.13. The van der Waals surface area contributed by atoms with Gasteiger partial charge in [0.2, 0.25) is 10.0 Å². The smallest absolute Gasteiger partial charge is 0.237 e. The van der Waals surface area contributed by atoms with E-state index in [4.69, 9.17) is 22.4 Å². The largest absolute Gasteiger partial charge is 0.396 e. The monoisotopic (exact) mass is 252 g/mol. The second kappa shape index (κ2) is 4.52. The molecule has 86 valence electrons. The number of rotatable bonds is 4. The van der Waals surface area contributed by atoms with E-state index in [-0.39, 0.29) is 18.2 Å². The number of hydrogen-bond donors (Lipinski definition) is 2. The molecule has 1 unspecified atom stereocenters. The number of halogens is 1. The molecule has 1 atom stereocenters. The lowest BCUT2D eigenvalue weighted by Crippen LogP contribution is -2.21. The van der Waals surface area contributed by atoms with Crippen LogP contribution < -0.4 is 5.73 Å². The van der Waals surface area contributed by atoms with Crippen molar-refractivity contribution >= 4 is 21.6 Å². The van der Waals surface area contributed by atoms with Crippen LogP contribution in [0.25, 0.3) is 0 Å². The summed E-state index contributed by atoms with van der Waals surface area (Å²) in [6, 6.07) is 2.47. The zero-order valence-corrected chi connectivity index (χ0v) is 9.79. The minimum absolute atomic E-state index is 0.0980. The van der Waals surface area contributed by atoms with Gasteiger partial charge in [-0.3, -0.25) is 0 Å². The highest BCUT2D eigenvalue weighted by Gasteiger charge is 2.19. The Bertz CT molecular complexity index is 441. The van der Waals surface area contributed by atoms with Crippen molar-refractivity contribution in [2.45, 2.75) is 12.5 Å². The summed E-state index contributed by atoms with van der Waals surface area (Å²) in [4.78, 5) is 0. The average molecular weight is 253 g/mol. The Morgan fingerprint density at radius 3 is 2.67 bits per heavy atom. The quantitative estimate of drug-likeness (QED) is 0.809. The number of aliphatic hydroxyl groups is 1. The van der Waals surface area contributed by atoms with Crippen LogP contribution in [0.15, 0.2) is 12.1 Å². The summed E-state index contributed by atoms with van der Waals surface area (Å²) in [5, 5.41) is 8.82. The molecule has 0 radical (unpaired) electrons. The van der Waals surface area contributed by atoms with Gasteiger partial charge in [-0.25, -0.2) is 12.4 Å². The number of aliphatic hydroxyl groups excluding tert-OH is 1. The van der Waals surface area contributed by atoms with Gasteiger partial charge in [0.05, 0.1) is 11.9 Å². The van der Waals surface area contributed by atoms with Gasteiger partial charge in [0.15, 0.2) is 0 Å².